The Balaban J connectivity index is 4.01. The largest absolute Gasteiger partial charge is 0.480 e. The summed E-state index contributed by atoms with van der Waals surface area (Å²) in [4.78, 5) is 23.5. The molecule has 0 aliphatic rings. The van der Waals surface area contributed by atoms with E-state index in [0.29, 0.717) is 19.0 Å². The number of amides is 2. The standard InChI is InChI=1S/C11H22N2O3/c1-4-7-13(8-10(14)15)11(16)12-6-5-9(2)3/h9H,4-8H2,1-3H3,(H,12,16)(H,14,15). The van der Waals surface area contributed by atoms with E-state index in [9.17, 15) is 9.59 Å². The first kappa shape index (κ1) is 14.7. The van der Waals surface area contributed by atoms with Crippen LogP contribution in [0.5, 0.6) is 0 Å². The summed E-state index contributed by atoms with van der Waals surface area (Å²) >= 11 is 0. The Labute approximate surface area is 96.8 Å². The molecule has 2 amide bonds. The number of rotatable bonds is 7. The lowest BCUT2D eigenvalue weighted by molar-refractivity contribution is -0.137. The smallest absolute Gasteiger partial charge is 0.323 e. The Hall–Kier alpha value is -1.26. The van der Waals surface area contributed by atoms with Crippen molar-refractivity contribution in [2.24, 2.45) is 5.92 Å². The quantitative estimate of drug-likeness (QED) is 0.697. The molecule has 94 valence electrons. The van der Waals surface area contributed by atoms with Gasteiger partial charge in [-0.15, -0.1) is 0 Å². The van der Waals surface area contributed by atoms with Crippen molar-refractivity contribution in [3.05, 3.63) is 0 Å². The number of aliphatic carboxylic acids is 1. The van der Waals surface area contributed by atoms with Gasteiger partial charge in [-0.25, -0.2) is 4.79 Å². The van der Waals surface area contributed by atoms with Gasteiger partial charge in [-0.3, -0.25) is 4.79 Å². The lowest BCUT2D eigenvalue weighted by atomic mass is 10.1. The summed E-state index contributed by atoms with van der Waals surface area (Å²) in [5, 5.41) is 11.4. The van der Waals surface area contributed by atoms with Crippen molar-refractivity contribution in [2.45, 2.75) is 33.6 Å². The zero-order valence-electron chi connectivity index (χ0n) is 10.3. The molecule has 0 aliphatic heterocycles. The van der Waals surface area contributed by atoms with Crippen LogP contribution in [0, 0.1) is 5.92 Å². The van der Waals surface area contributed by atoms with E-state index in [1.165, 1.54) is 4.90 Å². The number of carbonyl (C=O) groups is 2. The average Bonchev–Trinajstić information content (AvgIpc) is 2.15. The van der Waals surface area contributed by atoms with Gasteiger partial charge in [0, 0.05) is 13.1 Å². The number of carboxylic acids is 1. The molecule has 0 rings (SSSR count). The third-order valence-electron chi connectivity index (χ3n) is 2.10. The van der Waals surface area contributed by atoms with E-state index in [1.807, 2.05) is 6.92 Å². The highest BCUT2D eigenvalue weighted by atomic mass is 16.4. The predicted octanol–water partition coefficient (Wildman–Crippen LogP) is 1.54. The highest BCUT2D eigenvalue weighted by molar-refractivity contribution is 5.80. The van der Waals surface area contributed by atoms with Gasteiger partial charge in [0.1, 0.15) is 6.54 Å². The third kappa shape index (κ3) is 7.09. The van der Waals surface area contributed by atoms with Gasteiger partial charge in [0.15, 0.2) is 0 Å². The van der Waals surface area contributed by atoms with Crippen LogP contribution < -0.4 is 5.32 Å². The van der Waals surface area contributed by atoms with Crippen LogP contribution in [-0.4, -0.2) is 41.6 Å². The van der Waals surface area contributed by atoms with Crippen LogP contribution in [0.15, 0.2) is 0 Å². The number of hydrogen-bond acceptors (Lipinski definition) is 2. The number of urea groups is 1. The first-order chi connectivity index (χ1) is 7.47. The summed E-state index contributed by atoms with van der Waals surface area (Å²) in [7, 11) is 0. The van der Waals surface area contributed by atoms with Gasteiger partial charge in [0.05, 0.1) is 0 Å². The molecular formula is C11H22N2O3. The van der Waals surface area contributed by atoms with Crippen LogP contribution in [0.1, 0.15) is 33.6 Å². The second-order valence-corrected chi connectivity index (χ2v) is 4.23. The molecule has 0 fully saturated rings. The molecule has 0 unspecified atom stereocenters. The molecule has 0 aliphatic carbocycles. The van der Waals surface area contributed by atoms with Crippen molar-refractivity contribution in [3.8, 4) is 0 Å². The Morgan fingerprint density at radius 1 is 1.38 bits per heavy atom. The summed E-state index contributed by atoms with van der Waals surface area (Å²) in [5.74, 6) is -0.452. The number of nitrogens with zero attached hydrogens (tertiary/aromatic N) is 1. The van der Waals surface area contributed by atoms with Crippen molar-refractivity contribution >= 4 is 12.0 Å². The van der Waals surface area contributed by atoms with Gasteiger partial charge in [0.25, 0.3) is 0 Å². The van der Waals surface area contributed by atoms with Crippen LogP contribution in [0.4, 0.5) is 4.79 Å². The number of hydrogen-bond donors (Lipinski definition) is 2. The second-order valence-electron chi connectivity index (χ2n) is 4.23. The molecule has 0 aromatic rings. The van der Waals surface area contributed by atoms with E-state index in [-0.39, 0.29) is 12.6 Å². The van der Waals surface area contributed by atoms with E-state index < -0.39 is 5.97 Å². The summed E-state index contributed by atoms with van der Waals surface area (Å²) in [6.45, 7) is 6.90. The molecule has 0 saturated heterocycles. The summed E-state index contributed by atoms with van der Waals surface area (Å²) < 4.78 is 0. The molecule has 0 bridgehead atoms. The monoisotopic (exact) mass is 230 g/mol. The van der Waals surface area contributed by atoms with Gasteiger partial charge in [0.2, 0.25) is 0 Å². The minimum atomic E-state index is -0.979. The molecule has 0 aromatic heterocycles. The Bertz CT molecular complexity index is 229. The summed E-state index contributed by atoms with van der Waals surface area (Å²) in [6, 6.07) is -0.287. The highest BCUT2D eigenvalue weighted by Crippen LogP contribution is 1.98. The van der Waals surface area contributed by atoms with Crippen molar-refractivity contribution in [3.63, 3.8) is 0 Å². The molecule has 2 N–H and O–H groups in total. The molecule has 0 radical (unpaired) electrons. The minimum Gasteiger partial charge on any atom is -0.480 e. The molecule has 16 heavy (non-hydrogen) atoms. The molecule has 0 aromatic carbocycles. The molecule has 0 atom stereocenters. The van der Waals surface area contributed by atoms with Crippen LogP contribution in [-0.2, 0) is 4.79 Å². The molecule has 0 heterocycles. The maximum absolute atomic E-state index is 11.6. The van der Waals surface area contributed by atoms with Crippen LogP contribution in [0.3, 0.4) is 0 Å². The first-order valence-corrected chi connectivity index (χ1v) is 5.72. The Kier molecular flexibility index (Phi) is 7.33. The Morgan fingerprint density at radius 2 is 2.00 bits per heavy atom. The fraction of sp³-hybridized carbons (Fsp3) is 0.818. The molecular weight excluding hydrogens is 208 g/mol. The van der Waals surface area contributed by atoms with E-state index in [1.54, 1.807) is 0 Å². The van der Waals surface area contributed by atoms with Crippen molar-refractivity contribution < 1.29 is 14.7 Å². The predicted molar refractivity (Wildman–Crippen MR) is 62.4 cm³/mol. The van der Waals surface area contributed by atoms with E-state index in [4.69, 9.17) is 5.11 Å². The maximum Gasteiger partial charge on any atom is 0.323 e. The highest BCUT2D eigenvalue weighted by Gasteiger charge is 2.14. The zero-order chi connectivity index (χ0) is 12.6. The van der Waals surface area contributed by atoms with Crippen LogP contribution in [0.2, 0.25) is 0 Å². The van der Waals surface area contributed by atoms with E-state index in [2.05, 4.69) is 19.2 Å². The van der Waals surface area contributed by atoms with Gasteiger partial charge < -0.3 is 15.3 Å². The number of carboxylic acid groups (broad SMARTS) is 1. The average molecular weight is 230 g/mol. The van der Waals surface area contributed by atoms with Gasteiger partial charge in [-0.1, -0.05) is 20.8 Å². The normalized spacial score (nSPS) is 10.2. The molecule has 5 heteroatoms. The summed E-state index contributed by atoms with van der Waals surface area (Å²) in [6.07, 6.45) is 1.66. The fourth-order valence-electron chi connectivity index (χ4n) is 1.27. The van der Waals surface area contributed by atoms with Gasteiger partial charge >= 0.3 is 12.0 Å². The number of carbonyl (C=O) groups excluding carboxylic acids is 1. The second kappa shape index (κ2) is 7.96. The lowest BCUT2D eigenvalue weighted by Crippen LogP contribution is -2.43. The SMILES string of the molecule is CCCN(CC(=O)O)C(=O)NCCC(C)C. The van der Waals surface area contributed by atoms with Gasteiger partial charge in [-0.05, 0) is 18.8 Å². The van der Waals surface area contributed by atoms with Crippen LogP contribution >= 0.6 is 0 Å². The summed E-state index contributed by atoms with van der Waals surface area (Å²) in [5.41, 5.74) is 0. The maximum atomic E-state index is 11.6. The molecule has 0 saturated carbocycles. The van der Waals surface area contributed by atoms with E-state index in [0.717, 1.165) is 12.8 Å². The van der Waals surface area contributed by atoms with Crippen LogP contribution in [0.25, 0.3) is 0 Å². The minimum absolute atomic E-state index is 0.235. The van der Waals surface area contributed by atoms with Crippen molar-refractivity contribution in [1.29, 1.82) is 0 Å². The van der Waals surface area contributed by atoms with Gasteiger partial charge in [-0.2, -0.15) is 0 Å². The number of nitrogens with one attached hydrogen (secondary N) is 1. The molecule has 0 spiro atoms. The third-order valence-corrected chi connectivity index (χ3v) is 2.10. The first-order valence-electron chi connectivity index (χ1n) is 5.72. The topological polar surface area (TPSA) is 69.6 Å². The van der Waals surface area contributed by atoms with E-state index >= 15 is 0 Å². The van der Waals surface area contributed by atoms with Crippen molar-refractivity contribution in [1.82, 2.24) is 10.2 Å². The lowest BCUT2D eigenvalue weighted by Gasteiger charge is -2.20. The van der Waals surface area contributed by atoms with Crippen molar-refractivity contribution in [2.75, 3.05) is 19.6 Å². The molecule has 5 nitrogen and oxygen atoms in total. The Morgan fingerprint density at radius 3 is 2.44 bits per heavy atom. The fourth-order valence-corrected chi connectivity index (χ4v) is 1.27. The zero-order valence-corrected chi connectivity index (χ0v) is 10.3.